The summed E-state index contributed by atoms with van der Waals surface area (Å²) in [7, 11) is 0. The average molecular weight is 385 g/mol. The minimum absolute atomic E-state index is 0.429. The van der Waals surface area contributed by atoms with Crippen molar-refractivity contribution in [2.24, 2.45) is 5.10 Å². The van der Waals surface area contributed by atoms with E-state index in [2.05, 4.69) is 20.5 Å². The molecule has 3 aromatic carbocycles. The van der Waals surface area contributed by atoms with Gasteiger partial charge in [0.1, 0.15) is 0 Å². The Bertz CT molecular complexity index is 1040. The quantitative estimate of drug-likeness (QED) is 0.343. The molecule has 5 heteroatoms. The van der Waals surface area contributed by atoms with E-state index in [1.165, 1.54) is 0 Å². The number of anilines is 1. The second-order valence-corrected chi connectivity index (χ2v) is 6.56. The highest BCUT2D eigenvalue weighted by atomic mass is 35.5. The molecule has 4 nitrogen and oxygen atoms in total. The van der Waals surface area contributed by atoms with Crippen molar-refractivity contribution in [3.05, 3.63) is 102 Å². The predicted molar refractivity (Wildman–Crippen MR) is 116 cm³/mol. The number of hydrogen-bond donors (Lipinski definition) is 1. The van der Waals surface area contributed by atoms with Crippen molar-refractivity contribution < 1.29 is 0 Å². The average Bonchev–Trinajstić information content (AvgIpc) is 2.75. The molecule has 0 amide bonds. The summed E-state index contributed by atoms with van der Waals surface area (Å²) in [6, 6.07) is 29.5. The third-order valence-corrected chi connectivity index (χ3v) is 4.33. The molecule has 4 aromatic rings. The largest absolute Gasteiger partial charge is 0.245 e. The molecule has 0 radical (unpaired) electrons. The lowest BCUT2D eigenvalue weighted by Gasteiger charge is -2.08. The molecular weight excluding hydrogens is 368 g/mol. The van der Waals surface area contributed by atoms with E-state index >= 15 is 0 Å². The number of hydrazone groups is 1. The summed E-state index contributed by atoms with van der Waals surface area (Å²) >= 11 is 6.01. The van der Waals surface area contributed by atoms with Crippen LogP contribution in [0.3, 0.4) is 0 Å². The van der Waals surface area contributed by atoms with Gasteiger partial charge in [-0.1, -0.05) is 84.4 Å². The van der Waals surface area contributed by atoms with Crippen LogP contribution >= 0.6 is 11.6 Å². The molecule has 0 bridgehead atoms. The molecule has 0 unspecified atom stereocenters. The highest BCUT2D eigenvalue weighted by Gasteiger charge is 2.08. The molecule has 0 fully saturated rings. The summed E-state index contributed by atoms with van der Waals surface area (Å²) in [4.78, 5) is 9.23. The minimum Gasteiger partial charge on any atom is -0.245 e. The van der Waals surface area contributed by atoms with Gasteiger partial charge in [-0.2, -0.15) is 5.10 Å². The van der Waals surface area contributed by atoms with E-state index in [-0.39, 0.29) is 0 Å². The van der Waals surface area contributed by atoms with Crippen molar-refractivity contribution in [1.29, 1.82) is 0 Å². The van der Waals surface area contributed by atoms with Crippen molar-refractivity contribution in [3.63, 3.8) is 0 Å². The lowest BCUT2D eigenvalue weighted by molar-refractivity contribution is 1.13. The Morgan fingerprint density at radius 2 is 1.32 bits per heavy atom. The Kier molecular flexibility index (Phi) is 5.41. The Hall–Kier alpha value is -3.50. The van der Waals surface area contributed by atoms with Crippen molar-refractivity contribution in [2.45, 2.75) is 0 Å². The molecule has 0 saturated heterocycles. The van der Waals surface area contributed by atoms with E-state index in [1.807, 2.05) is 91.0 Å². The zero-order valence-corrected chi connectivity index (χ0v) is 15.7. The van der Waals surface area contributed by atoms with Crippen LogP contribution in [0.5, 0.6) is 0 Å². The fourth-order valence-electron chi connectivity index (χ4n) is 2.76. The predicted octanol–water partition coefficient (Wildman–Crippen LogP) is 5.91. The summed E-state index contributed by atoms with van der Waals surface area (Å²) < 4.78 is 0. The first kappa shape index (κ1) is 17.9. The van der Waals surface area contributed by atoms with Gasteiger partial charge in [0.15, 0.2) is 0 Å². The van der Waals surface area contributed by atoms with Crippen LogP contribution in [-0.2, 0) is 0 Å². The van der Waals surface area contributed by atoms with Crippen molar-refractivity contribution in [3.8, 4) is 22.5 Å². The van der Waals surface area contributed by atoms with Crippen LogP contribution in [0.25, 0.3) is 22.5 Å². The molecule has 0 aliphatic heterocycles. The maximum Gasteiger partial charge on any atom is 0.244 e. The van der Waals surface area contributed by atoms with Gasteiger partial charge in [0.25, 0.3) is 0 Å². The molecule has 0 spiro atoms. The van der Waals surface area contributed by atoms with Crippen LogP contribution in [0, 0.1) is 0 Å². The van der Waals surface area contributed by atoms with E-state index in [1.54, 1.807) is 6.21 Å². The summed E-state index contributed by atoms with van der Waals surface area (Å²) in [5.41, 5.74) is 7.52. The minimum atomic E-state index is 0.429. The van der Waals surface area contributed by atoms with E-state index < -0.39 is 0 Å². The zero-order chi connectivity index (χ0) is 19.2. The Morgan fingerprint density at radius 1 is 0.714 bits per heavy atom. The monoisotopic (exact) mass is 384 g/mol. The summed E-state index contributed by atoms with van der Waals surface area (Å²) in [6.45, 7) is 0. The van der Waals surface area contributed by atoms with E-state index in [9.17, 15) is 0 Å². The fraction of sp³-hybridized carbons (Fsp3) is 0. The highest BCUT2D eigenvalue weighted by Crippen LogP contribution is 2.25. The second kappa shape index (κ2) is 8.46. The first-order valence-electron chi connectivity index (χ1n) is 8.82. The van der Waals surface area contributed by atoms with Crippen molar-refractivity contribution in [1.82, 2.24) is 9.97 Å². The van der Waals surface area contributed by atoms with Crippen LogP contribution in [0.1, 0.15) is 5.56 Å². The number of benzene rings is 3. The van der Waals surface area contributed by atoms with Crippen molar-refractivity contribution in [2.75, 3.05) is 5.43 Å². The molecule has 28 heavy (non-hydrogen) atoms. The van der Waals surface area contributed by atoms with Gasteiger partial charge in [-0.25, -0.2) is 15.4 Å². The number of nitrogens with one attached hydrogen (secondary N) is 1. The van der Waals surface area contributed by atoms with Gasteiger partial charge in [0, 0.05) is 16.1 Å². The van der Waals surface area contributed by atoms with E-state index in [0.29, 0.717) is 11.0 Å². The number of aromatic nitrogens is 2. The number of nitrogens with zero attached hydrogens (tertiary/aromatic N) is 3. The van der Waals surface area contributed by atoms with Crippen LogP contribution < -0.4 is 5.43 Å². The first-order chi connectivity index (χ1) is 13.8. The smallest absolute Gasteiger partial charge is 0.244 e. The number of hydrogen-bond acceptors (Lipinski definition) is 4. The maximum absolute atomic E-state index is 6.01. The molecule has 1 N–H and O–H groups in total. The lowest BCUT2D eigenvalue weighted by Crippen LogP contribution is -2.00. The SMILES string of the molecule is Clc1cccc(/C=N\Nc2nc(-c3ccccc3)cc(-c3ccccc3)n2)c1. The zero-order valence-electron chi connectivity index (χ0n) is 15.0. The van der Waals surface area contributed by atoms with Crippen LogP contribution in [0.15, 0.2) is 96.1 Å². The number of rotatable bonds is 5. The third-order valence-electron chi connectivity index (χ3n) is 4.09. The number of halogens is 1. The summed E-state index contributed by atoms with van der Waals surface area (Å²) in [5, 5.41) is 4.93. The Balaban J connectivity index is 1.68. The van der Waals surface area contributed by atoms with Gasteiger partial charge < -0.3 is 0 Å². The molecule has 0 aliphatic carbocycles. The molecule has 0 aliphatic rings. The molecular formula is C23H17ClN4. The molecule has 1 heterocycles. The van der Waals surface area contributed by atoms with Gasteiger partial charge in [0.2, 0.25) is 5.95 Å². The summed E-state index contributed by atoms with van der Waals surface area (Å²) in [5.74, 6) is 0.429. The first-order valence-corrected chi connectivity index (χ1v) is 9.20. The molecule has 4 rings (SSSR count). The topological polar surface area (TPSA) is 50.2 Å². The van der Waals surface area contributed by atoms with Gasteiger partial charge in [-0.05, 0) is 23.8 Å². The van der Waals surface area contributed by atoms with Gasteiger partial charge in [0.05, 0.1) is 17.6 Å². The second-order valence-electron chi connectivity index (χ2n) is 6.12. The lowest BCUT2D eigenvalue weighted by atomic mass is 10.1. The van der Waals surface area contributed by atoms with Crippen LogP contribution in [-0.4, -0.2) is 16.2 Å². The molecule has 0 saturated carbocycles. The Morgan fingerprint density at radius 3 is 1.89 bits per heavy atom. The fourth-order valence-corrected chi connectivity index (χ4v) is 2.96. The normalized spacial score (nSPS) is 10.9. The van der Waals surface area contributed by atoms with E-state index in [0.717, 1.165) is 28.1 Å². The van der Waals surface area contributed by atoms with Crippen molar-refractivity contribution >= 4 is 23.8 Å². The van der Waals surface area contributed by atoms with Gasteiger partial charge >= 0.3 is 0 Å². The Labute approximate surface area is 168 Å². The van der Waals surface area contributed by atoms with E-state index in [4.69, 9.17) is 11.6 Å². The summed E-state index contributed by atoms with van der Waals surface area (Å²) in [6.07, 6.45) is 1.69. The van der Waals surface area contributed by atoms with Crippen LogP contribution in [0.2, 0.25) is 5.02 Å². The highest BCUT2D eigenvalue weighted by molar-refractivity contribution is 6.30. The maximum atomic E-state index is 6.01. The van der Waals surface area contributed by atoms with Gasteiger partial charge in [-0.3, -0.25) is 0 Å². The molecule has 1 aromatic heterocycles. The standard InChI is InChI=1S/C23H17ClN4/c24-20-13-7-8-17(14-20)16-25-28-23-26-21(18-9-3-1-4-10-18)15-22(27-23)19-11-5-2-6-12-19/h1-16H,(H,26,27,28)/b25-16-. The molecule has 136 valence electrons. The van der Waals surface area contributed by atoms with Crippen LogP contribution in [0.4, 0.5) is 5.95 Å². The third kappa shape index (κ3) is 4.42. The van der Waals surface area contributed by atoms with Gasteiger partial charge in [-0.15, -0.1) is 0 Å². The molecule has 0 atom stereocenters.